The van der Waals surface area contributed by atoms with Gasteiger partial charge in [-0.2, -0.15) is 0 Å². The minimum Gasteiger partial charge on any atom is -0.496 e. The maximum Gasteiger partial charge on any atom is 0.329 e. The van der Waals surface area contributed by atoms with Gasteiger partial charge in [0.25, 0.3) is 11.8 Å². The minimum absolute atomic E-state index is 0.0529. The monoisotopic (exact) mass is 500 g/mol. The quantitative estimate of drug-likeness (QED) is 0.460. The van der Waals surface area contributed by atoms with Crippen LogP contribution in [0.25, 0.3) is 0 Å². The summed E-state index contributed by atoms with van der Waals surface area (Å²) in [4.78, 5) is 48.6. The lowest BCUT2D eigenvalue weighted by Crippen LogP contribution is -2.49. The summed E-state index contributed by atoms with van der Waals surface area (Å²) in [5, 5.41) is 10.3. The van der Waals surface area contributed by atoms with Crippen molar-refractivity contribution in [3.8, 4) is 5.75 Å². The molecule has 2 aromatic carbocycles. The third-order valence-electron chi connectivity index (χ3n) is 5.72. The first-order valence-electron chi connectivity index (χ1n) is 11.5. The normalized spacial score (nSPS) is 13.4. The molecule has 0 spiro atoms. The van der Waals surface area contributed by atoms with Gasteiger partial charge in [-0.3, -0.25) is 20.2 Å². The van der Waals surface area contributed by atoms with E-state index in [0.717, 1.165) is 37.7 Å². The average Bonchev–Trinajstić information content (AvgIpc) is 2.84. The standard InChI is InChI=1S/C25H29ClN4O5/c1-35-21-12-11-18(26)15-20(21)23(32)27-14-13-16-7-9-17(10-8-16)22(31)29-25(34)30-24(33)28-19-5-3-2-4-6-19/h7-12,15,19H,2-6,13-14H2,1H3,(H,27,32)(H3,28,29,30,31,33,34). The van der Waals surface area contributed by atoms with Crippen LogP contribution in [0.3, 0.4) is 0 Å². The first-order valence-corrected chi connectivity index (χ1v) is 11.9. The third-order valence-corrected chi connectivity index (χ3v) is 5.95. The van der Waals surface area contributed by atoms with Crippen molar-refractivity contribution < 1.29 is 23.9 Å². The molecule has 0 heterocycles. The first-order chi connectivity index (χ1) is 16.9. The van der Waals surface area contributed by atoms with Crippen LogP contribution in [0.4, 0.5) is 9.59 Å². The Balaban J connectivity index is 1.43. The van der Waals surface area contributed by atoms with Gasteiger partial charge in [0.2, 0.25) is 0 Å². The number of hydrogen-bond donors (Lipinski definition) is 4. The highest BCUT2D eigenvalue weighted by atomic mass is 35.5. The Bertz CT molecular complexity index is 1070. The van der Waals surface area contributed by atoms with Crippen molar-refractivity contribution in [2.75, 3.05) is 13.7 Å². The summed E-state index contributed by atoms with van der Waals surface area (Å²) in [6.45, 7) is 0.360. The van der Waals surface area contributed by atoms with Gasteiger partial charge in [0, 0.05) is 23.2 Å². The molecule has 0 radical (unpaired) electrons. The Kier molecular flexibility index (Phi) is 9.48. The van der Waals surface area contributed by atoms with Crippen LogP contribution < -0.4 is 26.0 Å². The Hall–Kier alpha value is -3.59. The van der Waals surface area contributed by atoms with Gasteiger partial charge < -0.3 is 15.4 Å². The molecular weight excluding hydrogens is 472 g/mol. The highest BCUT2D eigenvalue weighted by Gasteiger charge is 2.18. The number of halogens is 1. The van der Waals surface area contributed by atoms with E-state index in [2.05, 4.69) is 21.3 Å². The van der Waals surface area contributed by atoms with Gasteiger partial charge in [0.05, 0.1) is 12.7 Å². The van der Waals surface area contributed by atoms with Crippen molar-refractivity contribution in [1.82, 2.24) is 21.3 Å². The van der Waals surface area contributed by atoms with E-state index in [4.69, 9.17) is 16.3 Å². The molecule has 0 aliphatic heterocycles. The predicted molar refractivity (Wildman–Crippen MR) is 132 cm³/mol. The third kappa shape index (κ3) is 7.99. The van der Waals surface area contributed by atoms with Crippen molar-refractivity contribution in [2.24, 2.45) is 0 Å². The van der Waals surface area contributed by atoms with Gasteiger partial charge >= 0.3 is 12.1 Å². The summed E-state index contributed by atoms with van der Waals surface area (Å²) < 4.78 is 5.20. The van der Waals surface area contributed by atoms with Gasteiger partial charge in [-0.15, -0.1) is 0 Å². The predicted octanol–water partition coefficient (Wildman–Crippen LogP) is 3.80. The van der Waals surface area contributed by atoms with E-state index in [-0.39, 0.29) is 17.5 Å². The zero-order valence-corrected chi connectivity index (χ0v) is 20.2. The van der Waals surface area contributed by atoms with Crippen molar-refractivity contribution >= 4 is 35.5 Å². The summed E-state index contributed by atoms with van der Waals surface area (Å²) >= 11 is 5.97. The second-order valence-electron chi connectivity index (χ2n) is 8.26. The number of nitrogens with one attached hydrogen (secondary N) is 4. The number of imide groups is 2. The number of rotatable bonds is 7. The van der Waals surface area contributed by atoms with Crippen molar-refractivity contribution in [3.05, 3.63) is 64.2 Å². The summed E-state index contributed by atoms with van der Waals surface area (Å²) in [7, 11) is 1.48. The van der Waals surface area contributed by atoms with Crippen LogP contribution >= 0.6 is 11.6 Å². The van der Waals surface area contributed by atoms with Gasteiger partial charge in [-0.05, 0) is 55.2 Å². The lowest BCUT2D eigenvalue weighted by Gasteiger charge is -2.22. The Morgan fingerprint density at radius 2 is 1.63 bits per heavy atom. The van der Waals surface area contributed by atoms with Crippen LogP contribution in [0.2, 0.25) is 5.02 Å². The number of hydrogen-bond acceptors (Lipinski definition) is 5. The Morgan fingerprint density at radius 1 is 0.914 bits per heavy atom. The topological polar surface area (TPSA) is 126 Å². The molecule has 1 fully saturated rings. The van der Waals surface area contributed by atoms with Crippen LogP contribution in [0.15, 0.2) is 42.5 Å². The van der Waals surface area contributed by atoms with E-state index in [9.17, 15) is 19.2 Å². The van der Waals surface area contributed by atoms with Crippen LogP contribution in [-0.2, 0) is 6.42 Å². The fourth-order valence-corrected chi connectivity index (χ4v) is 4.05. The van der Waals surface area contributed by atoms with E-state index in [0.29, 0.717) is 29.3 Å². The number of carbonyl (C=O) groups excluding carboxylic acids is 4. The molecule has 186 valence electrons. The van der Waals surface area contributed by atoms with E-state index in [1.807, 2.05) is 0 Å². The summed E-state index contributed by atoms with van der Waals surface area (Å²) in [6, 6.07) is 9.97. The van der Waals surface area contributed by atoms with E-state index < -0.39 is 18.0 Å². The smallest absolute Gasteiger partial charge is 0.329 e. The fraction of sp³-hybridized carbons (Fsp3) is 0.360. The largest absolute Gasteiger partial charge is 0.496 e. The highest BCUT2D eigenvalue weighted by molar-refractivity contribution is 6.31. The van der Waals surface area contributed by atoms with Gasteiger partial charge in [-0.1, -0.05) is 43.0 Å². The maximum atomic E-state index is 12.4. The van der Waals surface area contributed by atoms with Crippen LogP contribution in [0.1, 0.15) is 58.4 Å². The molecule has 10 heteroatoms. The molecule has 0 atom stereocenters. The molecule has 2 aromatic rings. The number of methoxy groups -OCH3 is 1. The SMILES string of the molecule is COc1ccc(Cl)cc1C(=O)NCCc1ccc(C(=O)NC(=O)NC(=O)NC2CCCCC2)cc1. The molecule has 0 unspecified atom stereocenters. The molecular formula is C25H29ClN4O5. The molecule has 0 bridgehead atoms. The van der Waals surface area contributed by atoms with Crippen molar-refractivity contribution in [1.29, 1.82) is 0 Å². The van der Waals surface area contributed by atoms with Gasteiger partial charge in [0.15, 0.2) is 0 Å². The lowest BCUT2D eigenvalue weighted by atomic mass is 9.96. The molecule has 1 aliphatic carbocycles. The number of amides is 6. The number of benzene rings is 2. The van der Waals surface area contributed by atoms with Crippen LogP contribution in [0, 0.1) is 0 Å². The molecule has 1 saturated carbocycles. The van der Waals surface area contributed by atoms with Crippen LogP contribution in [-0.4, -0.2) is 43.6 Å². The Labute approximate surface area is 208 Å². The van der Waals surface area contributed by atoms with Gasteiger partial charge in [-0.25, -0.2) is 9.59 Å². The molecule has 1 aliphatic rings. The van der Waals surface area contributed by atoms with Crippen molar-refractivity contribution in [3.63, 3.8) is 0 Å². The molecule has 6 amide bonds. The zero-order chi connectivity index (χ0) is 25.2. The lowest BCUT2D eigenvalue weighted by molar-refractivity contribution is 0.0946. The molecule has 3 rings (SSSR count). The molecule has 4 N–H and O–H groups in total. The summed E-state index contributed by atoms with van der Waals surface area (Å²) in [5.41, 5.74) is 1.50. The van der Waals surface area contributed by atoms with Gasteiger partial charge in [0.1, 0.15) is 5.75 Å². The molecule has 9 nitrogen and oxygen atoms in total. The summed E-state index contributed by atoms with van der Waals surface area (Å²) in [6.07, 6.45) is 5.56. The van der Waals surface area contributed by atoms with Crippen LogP contribution in [0.5, 0.6) is 5.75 Å². The van der Waals surface area contributed by atoms with E-state index in [1.54, 1.807) is 42.5 Å². The second-order valence-corrected chi connectivity index (χ2v) is 8.70. The Morgan fingerprint density at radius 3 is 2.31 bits per heavy atom. The zero-order valence-electron chi connectivity index (χ0n) is 19.5. The first kappa shape index (κ1) is 26.0. The number of ether oxygens (including phenoxy) is 1. The van der Waals surface area contributed by atoms with E-state index in [1.165, 1.54) is 7.11 Å². The highest BCUT2D eigenvalue weighted by Crippen LogP contribution is 2.22. The van der Waals surface area contributed by atoms with Crippen molar-refractivity contribution in [2.45, 2.75) is 44.6 Å². The molecule has 0 saturated heterocycles. The maximum absolute atomic E-state index is 12.4. The number of urea groups is 2. The number of carbonyl (C=O) groups is 4. The molecule has 35 heavy (non-hydrogen) atoms. The fourth-order valence-electron chi connectivity index (χ4n) is 3.87. The molecule has 0 aromatic heterocycles. The summed E-state index contributed by atoms with van der Waals surface area (Å²) in [5.74, 6) is -0.502. The second kappa shape index (κ2) is 12.8. The average molecular weight is 501 g/mol. The van der Waals surface area contributed by atoms with E-state index >= 15 is 0 Å². The minimum atomic E-state index is -0.883.